The highest BCUT2D eigenvalue weighted by atomic mass is 35.5. The van der Waals surface area contributed by atoms with Gasteiger partial charge in [0, 0.05) is 11.1 Å². The van der Waals surface area contributed by atoms with E-state index in [9.17, 15) is 0 Å². The molecule has 106 valence electrons. The smallest absolute Gasteiger partial charge is 0.0435 e. The molecule has 0 amide bonds. The van der Waals surface area contributed by atoms with Crippen molar-refractivity contribution in [3.05, 3.63) is 34.3 Å². The molecule has 19 heavy (non-hydrogen) atoms. The molecular formula is C17H26ClN. The van der Waals surface area contributed by atoms with Crippen molar-refractivity contribution in [1.82, 2.24) is 5.32 Å². The quantitative estimate of drug-likeness (QED) is 0.741. The number of hydrogen-bond donors (Lipinski definition) is 1. The first-order valence-electron chi connectivity index (χ1n) is 7.71. The molecule has 0 heterocycles. The van der Waals surface area contributed by atoms with Gasteiger partial charge < -0.3 is 5.32 Å². The minimum atomic E-state index is 0.499. The van der Waals surface area contributed by atoms with E-state index >= 15 is 0 Å². The van der Waals surface area contributed by atoms with E-state index in [1.807, 2.05) is 6.07 Å². The van der Waals surface area contributed by atoms with Crippen molar-refractivity contribution in [2.45, 2.75) is 58.4 Å². The molecule has 1 aliphatic rings. The standard InChI is InChI=1S/C17H26ClN/c1-3-19-17(14-8-6-4-5-7-9-14)15-10-11-16(18)13(2)12-15/h10-12,14,17,19H,3-9H2,1-2H3. The summed E-state index contributed by atoms with van der Waals surface area (Å²) in [5, 5.41) is 4.57. The number of rotatable bonds is 4. The third-order valence-corrected chi connectivity index (χ3v) is 4.76. The van der Waals surface area contributed by atoms with E-state index in [4.69, 9.17) is 11.6 Å². The van der Waals surface area contributed by atoms with E-state index in [2.05, 4.69) is 31.3 Å². The van der Waals surface area contributed by atoms with Crippen LogP contribution in [0.4, 0.5) is 0 Å². The molecule has 1 aromatic rings. The summed E-state index contributed by atoms with van der Waals surface area (Å²) in [7, 11) is 0. The average Bonchev–Trinajstić information content (AvgIpc) is 2.68. The van der Waals surface area contributed by atoms with Crippen LogP contribution in [0.15, 0.2) is 18.2 Å². The Morgan fingerprint density at radius 1 is 1.21 bits per heavy atom. The highest BCUT2D eigenvalue weighted by Gasteiger charge is 2.23. The fourth-order valence-corrected chi connectivity index (χ4v) is 3.40. The molecular weight excluding hydrogens is 254 g/mol. The fraction of sp³-hybridized carbons (Fsp3) is 0.647. The Morgan fingerprint density at radius 3 is 2.47 bits per heavy atom. The maximum Gasteiger partial charge on any atom is 0.0435 e. The van der Waals surface area contributed by atoms with E-state index in [0.29, 0.717) is 6.04 Å². The summed E-state index contributed by atoms with van der Waals surface area (Å²) in [6.07, 6.45) is 8.32. The third kappa shape index (κ3) is 3.97. The Kier molecular flexibility index (Phi) is 5.72. The molecule has 0 aliphatic heterocycles. The highest BCUT2D eigenvalue weighted by Crippen LogP contribution is 2.34. The lowest BCUT2D eigenvalue weighted by Gasteiger charge is -2.28. The van der Waals surface area contributed by atoms with E-state index in [-0.39, 0.29) is 0 Å². The molecule has 0 spiro atoms. The van der Waals surface area contributed by atoms with Crippen LogP contribution in [0.2, 0.25) is 5.02 Å². The van der Waals surface area contributed by atoms with Crippen molar-refractivity contribution >= 4 is 11.6 Å². The third-order valence-electron chi connectivity index (χ3n) is 4.34. The summed E-state index contributed by atoms with van der Waals surface area (Å²) < 4.78 is 0. The van der Waals surface area contributed by atoms with Crippen LogP contribution >= 0.6 is 11.6 Å². The summed E-state index contributed by atoms with van der Waals surface area (Å²) in [5.41, 5.74) is 2.60. The van der Waals surface area contributed by atoms with Gasteiger partial charge in [0.1, 0.15) is 0 Å². The van der Waals surface area contributed by atoms with Crippen molar-refractivity contribution in [2.24, 2.45) is 5.92 Å². The van der Waals surface area contributed by atoms with E-state index < -0.39 is 0 Å². The molecule has 2 rings (SSSR count). The van der Waals surface area contributed by atoms with Gasteiger partial charge in [0.25, 0.3) is 0 Å². The van der Waals surface area contributed by atoms with Gasteiger partial charge in [-0.2, -0.15) is 0 Å². The van der Waals surface area contributed by atoms with Gasteiger partial charge in [-0.25, -0.2) is 0 Å². The van der Waals surface area contributed by atoms with Crippen molar-refractivity contribution in [3.63, 3.8) is 0 Å². The zero-order valence-electron chi connectivity index (χ0n) is 12.2. The Bertz CT molecular complexity index is 394. The summed E-state index contributed by atoms with van der Waals surface area (Å²) >= 11 is 6.15. The molecule has 1 fully saturated rings. The van der Waals surface area contributed by atoms with Crippen molar-refractivity contribution in [1.29, 1.82) is 0 Å². The van der Waals surface area contributed by atoms with Gasteiger partial charge in [-0.15, -0.1) is 0 Å². The Balaban J connectivity index is 2.19. The van der Waals surface area contributed by atoms with Crippen molar-refractivity contribution < 1.29 is 0 Å². The second-order valence-corrected chi connectivity index (χ2v) is 6.20. The largest absolute Gasteiger partial charge is 0.310 e. The summed E-state index contributed by atoms with van der Waals surface area (Å²) in [6, 6.07) is 7.01. The fourth-order valence-electron chi connectivity index (χ4n) is 3.28. The lowest BCUT2D eigenvalue weighted by molar-refractivity contribution is 0.330. The molecule has 1 aromatic carbocycles. The number of halogens is 1. The Labute approximate surface area is 122 Å². The van der Waals surface area contributed by atoms with Crippen LogP contribution in [-0.4, -0.2) is 6.54 Å². The molecule has 1 unspecified atom stereocenters. The minimum absolute atomic E-state index is 0.499. The normalized spacial score (nSPS) is 19.1. The minimum Gasteiger partial charge on any atom is -0.310 e. The zero-order valence-corrected chi connectivity index (χ0v) is 13.0. The molecule has 1 N–H and O–H groups in total. The molecule has 2 heteroatoms. The highest BCUT2D eigenvalue weighted by molar-refractivity contribution is 6.31. The molecule has 1 aliphatic carbocycles. The lowest BCUT2D eigenvalue weighted by Crippen LogP contribution is -2.28. The van der Waals surface area contributed by atoms with Crippen molar-refractivity contribution in [2.75, 3.05) is 6.54 Å². The van der Waals surface area contributed by atoms with Gasteiger partial charge in [-0.3, -0.25) is 0 Å². The summed E-state index contributed by atoms with van der Waals surface area (Å²) in [4.78, 5) is 0. The Morgan fingerprint density at radius 2 is 1.89 bits per heavy atom. The van der Waals surface area contributed by atoms with Crippen LogP contribution < -0.4 is 5.32 Å². The van der Waals surface area contributed by atoms with Crippen LogP contribution in [0.3, 0.4) is 0 Å². The monoisotopic (exact) mass is 279 g/mol. The van der Waals surface area contributed by atoms with Gasteiger partial charge in [0.05, 0.1) is 0 Å². The predicted octanol–water partition coefficient (Wildman–Crippen LogP) is 5.27. The number of hydrogen-bond acceptors (Lipinski definition) is 1. The molecule has 1 saturated carbocycles. The van der Waals surface area contributed by atoms with Crippen molar-refractivity contribution in [3.8, 4) is 0 Å². The molecule has 0 bridgehead atoms. The molecule has 0 aromatic heterocycles. The van der Waals surface area contributed by atoms with Gasteiger partial charge in [-0.1, -0.05) is 56.3 Å². The first-order chi connectivity index (χ1) is 9.22. The van der Waals surface area contributed by atoms with Gasteiger partial charge in [0.2, 0.25) is 0 Å². The van der Waals surface area contributed by atoms with Crippen LogP contribution in [0.5, 0.6) is 0 Å². The number of benzene rings is 1. The summed E-state index contributed by atoms with van der Waals surface area (Å²) in [6.45, 7) is 5.33. The second-order valence-electron chi connectivity index (χ2n) is 5.80. The average molecular weight is 280 g/mol. The van der Waals surface area contributed by atoms with Gasteiger partial charge in [-0.05, 0) is 49.4 Å². The van der Waals surface area contributed by atoms with Crippen LogP contribution in [-0.2, 0) is 0 Å². The van der Waals surface area contributed by atoms with Crippen LogP contribution in [0.1, 0.15) is 62.6 Å². The zero-order chi connectivity index (χ0) is 13.7. The van der Waals surface area contributed by atoms with Crippen LogP contribution in [0.25, 0.3) is 0 Å². The van der Waals surface area contributed by atoms with E-state index in [0.717, 1.165) is 17.5 Å². The molecule has 1 nitrogen and oxygen atoms in total. The molecule has 1 atom stereocenters. The Hall–Kier alpha value is -0.530. The summed E-state index contributed by atoms with van der Waals surface area (Å²) in [5.74, 6) is 0.781. The van der Waals surface area contributed by atoms with Crippen LogP contribution in [0, 0.1) is 12.8 Å². The number of nitrogens with one attached hydrogen (secondary N) is 1. The van der Waals surface area contributed by atoms with E-state index in [1.54, 1.807) is 0 Å². The maximum atomic E-state index is 6.15. The second kappa shape index (κ2) is 7.31. The first kappa shape index (κ1) is 14.9. The maximum absolute atomic E-state index is 6.15. The SMILES string of the molecule is CCNC(c1ccc(Cl)c(C)c1)C1CCCCCC1. The number of aryl methyl sites for hydroxylation is 1. The molecule has 0 saturated heterocycles. The predicted molar refractivity (Wildman–Crippen MR) is 83.8 cm³/mol. The lowest BCUT2D eigenvalue weighted by atomic mass is 9.86. The van der Waals surface area contributed by atoms with E-state index in [1.165, 1.54) is 49.7 Å². The first-order valence-corrected chi connectivity index (χ1v) is 8.09. The van der Waals surface area contributed by atoms with Gasteiger partial charge in [0.15, 0.2) is 0 Å². The molecule has 0 radical (unpaired) electrons. The van der Waals surface area contributed by atoms with Gasteiger partial charge >= 0.3 is 0 Å². The topological polar surface area (TPSA) is 12.0 Å².